The van der Waals surface area contributed by atoms with E-state index in [-0.39, 0.29) is 165 Å². The average molecular weight is 2070 g/mol. The number of nitriles is 3. The minimum absolute atomic E-state index is 0.0398. The summed E-state index contributed by atoms with van der Waals surface area (Å²) in [4.78, 5) is 118. The lowest BCUT2D eigenvalue weighted by Gasteiger charge is -2.36. The highest BCUT2D eigenvalue weighted by atomic mass is 35.5. The Morgan fingerprint density at radius 2 is 0.600 bits per heavy atom. The van der Waals surface area contributed by atoms with Crippen molar-refractivity contribution >= 4 is 207 Å². The molecule has 135 heavy (non-hydrogen) atoms. The van der Waals surface area contributed by atoms with Gasteiger partial charge in [0.2, 0.25) is 17.7 Å². The van der Waals surface area contributed by atoms with E-state index in [1.165, 1.54) is 50.1 Å². The third-order valence-corrected chi connectivity index (χ3v) is 27.8. The maximum atomic E-state index is 14.9. The van der Waals surface area contributed by atoms with Gasteiger partial charge >= 0.3 is 0 Å². The molecule has 9 aromatic heterocycles. The van der Waals surface area contributed by atoms with E-state index in [2.05, 4.69) is 52.9 Å². The van der Waals surface area contributed by atoms with E-state index in [4.69, 9.17) is 154 Å². The molecule has 3 saturated heterocycles. The summed E-state index contributed by atoms with van der Waals surface area (Å²) in [6, 6.07) is 15.8. The molecule has 3 aliphatic heterocycles. The Balaban J connectivity index is 0.000000171. The van der Waals surface area contributed by atoms with Gasteiger partial charge in [-0.05, 0) is 110 Å². The summed E-state index contributed by atoms with van der Waals surface area (Å²) in [7, 11) is 0. The van der Waals surface area contributed by atoms with E-state index in [1.54, 1.807) is 72.3 Å². The van der Waals surface area contributed by atoms with E-state index >= 15 is 0 Å². The molecule has 0 atom stereocenters. The van der Waals surface area contributed by atoms with Crippen molar-refractivity contribution in [2.75, 3.05) is 93.2 Å². The lowest BCUT2D eigenvalue weighted by Crippen LogP contribution is -2.49. The lowest BCUT2D eigenvalue weighted by molar-refractivity contribution is -0.127. The number of fused-ring (bicyclic) bond motifs is 3. The minimum Gasteiger partial charge on any atom is -0.504 e. The number of carbonyl (C=O) groups excluding carboxylic acids is 3. The van der Waals surface area contributed by atoms with Crippen LogP contribution in [-0.4, -0.2) is 170 Å². The first-order chi connectivity index (χ1) is 64.0. The first kappa shape index (κ1) is 101. The molecular formula is C93H75Cl12F3N18O9. The summed E-state index contributed by atoms with van der Waals surface area (Å²) in [6.07, 6.45) is 8.55. The Kier molecular flexibility index (Phi) is 30.4. The zero-order chi connectivity index (χ0) is 98.7. The normalized spacial score (nSPS) is 13.4. The first-order valence-electron chi connectivity index (χ1n) is 41.1. The van der Waals surface area contributed by atoms with Crippen LogP contribution >= 0.6 is 139 Å². The van der Waals surface area contributed by atoms with Gasteiger partial charge in [0.15, 0.2) is 34.7 Å². The van der Waals surface area contributed by atoms with Crippen molar-refractivity contribution in [3.8, 4) is 86.3 Å². The largest absolute Gasteiger partial charge is 0.504 e. The molecule has 27 nitrogen and oxygen atoms in total. The topological polar surface area (TPSA) is 346 Å². The monoisotopic (exact) mass is 2060 g/mol. The van der Waals surface area contributed by atoms with Gasteiger partial charge in [-0.2, -0.15) is 15.8 Å². The zero-order valence-corrected chi connectivity index (χ0v) is 81.8. The third kappa shape index (κ3) is 18.2. The van der Waals surface area contributed by atoms with Gasteiger partial charge in [0.05, 0.1) is 130 Å². The Morgan fingerprint density at radius 1 is 0.378 bits per heavy atom. The summed E-state index contributed by atoms with van der Waals surface area (Å²) >= 11 is 76.0. The van der Waals surface area contributed by atoms with E-state index in [0.29, 0.717) is 146 Å². The maximum Gasteiger partial charge on any atom is 0.276 e. The number of amides is 3. The lowest BCUT2D eigenvalue weighted by atomic mass is 10.0. The van der Waals surface area contributed by atoms with Crippen molar-refractivity contribution in [2.45, 2.75) is 80.1 Å². The van der Waals surface area contributed by atoms with Gasteiger partial charge in [-0.15, -0.1) is 0 Å². The molecule has 3 aromatic carbocycles. The molecule has 3 amide bonds. The molecule has 3 aliphatic rings. The second kappa shape index (κ2) is 40.7. The number of hydrogen-bond acceptors (Lipinski definition) is 21. The Bertz CT molecular complexity index is 6650. The third-order valence-electron chi connectivity index (χ3n) is 23.0. The fraction of sp³-hybridized carbons (Fsp3) is 0.258. The SMILES string of the molecule is C=CC(=O)N1CCN(c2c(C#N)c(=O)n(-c3c(C)ccnc3C(C)C)c3nc(-c4c(O)c(F)c(Cl)c(Cl)c4Cl)c(Cl)cc23)CC1.C=CC(=O)N1CCN(c2c(C#N)c(=O)n(-c3c(C)ccnc3C(C)C)c3nc(-c4c(O)c(F)c(Cl)c(Cl)c4Cl)c(Cl)cc23)CC1.C=CC(=O)N1CCN(c2c(C#N)c(=O)n(-c3c(C)ccnc3C(C)C)c3nc(-c4c(O)c(F)c(Cl)c(Cl)c4Cl)c(Cl)cc23)CC1. The van der Waals surface area contributed by atoms with Gasteiger partial charge in [-0.3, -0.25) is 57.4 Å². The fourth-order valence-corrected chi connectivity index (χ4v) is 19.2. The number of aromatic hydroxyl groups is 3. The number of halogens is 15. The molecule has 0 bridgehead atoms. The Labute approximate surface area is 829 Å². The summed E-state index contributed by atoms with van der Waals surface area (Å²) in [6.45, 7) is 31.1. The molecule has 0 aliphatic carbocycles. The maximum absolute atomic E-state index is 14.9. The van der Waals surface area contributed by atoms with Crippen LogP contribution in [0.3, 0.4) is 0 Å². The number of piperazine rings is 3. The van der Waals surface area contributed by atoms with Gasteiger partial charge < -0.3 is 44.7 Å². The molecule has 0 radical (unpaired) electrons. The summed E-state index contributed by atoms with van der Waals surface area (Å²) in [5.74, 6) is -7.61. The van der Waals surface area contributed by atoms with Crippen molar-refractivity contribution in [2.24, 2.45) is 0 Å². The number of anilines is 3. The van der Waals surface area contributed by atoms with Crippen LogP contribution in [0.5, 0.6) is 17.2 Å². The molecule has 3 N–H and O–H groups in total. The summed E-state index contributed by atoms with van der Waals surface area (Å²) < 4.78 is 48.7. The highest BCUT2D eigenvalue weighted by molar-refractivity contribution is 6.52. The molecular weight excluding hydrogens is 2000 g/mol. The van der Waals surface area contributed by atoms with Crippen LogP contribution in [0.25, 0.3) is 83.9 Å². The van der Waals surface area contributed by atoms with Crippen LogP contribution in [0, 0.1) is 72.2 Å². The number of carbonyl (C=O) groups is 3. The molecule has 0 unspecified atom stereocenters. The van der Waals surface area contributed by atoms with Gasteiger partial charge in [-0.1, -0.05) is 200 Å². The van der Waals surface area contributed by atoms with Crippen molar-refractivity contribution in [3.05, 3.63) is 252 Å². The van der Waals surface area contributed by atoms with Crippen LogP contribution < -0.4 is 31.4 Å². The summed E-state index contributed by atoms with van der Waals surface area (Å²) in [5.41, 5.74) is 1.76. The number of aryl methyl sites for hydroxylation is 3. The van der Waals surface area contributed by atoms with Crippen molar-refractivity contribution < 1.29 is 42.9 Å². The smallest absolute Gasteiger partial charge is 0.276 e. The molecule has 3 fully saturated rings. The molecule has 12 heterocycles. The zero-order valence-electron chi connectivity index (χ0n) is 72.8. The number of pyridine rings is 9. The van der Waals surface area contributed by atoms with Crippen LogP contribution in [0.15, 0.2) is 107 Å². The van der Waals surface area contributed by atoms with Gasteiger partial charge in [0.25, 0.3) is 16.7 Å². The van der Waals surface area contributed by atoms with Gasteiger partial charge in [-0.25, -0.2) is 28.1 Å². The second-order valence-electron chi connectivity index (χ2n) is 32.0. The number of aromatic nitrogens is 9. The van der Waals surface area contributed by atoms with E-state index in [0.717, 1.165) is 0 Å². The van der Waals surface area contributed by atoms with E-state index in [1.807, 2.05) is 56.2 Å². The van der Waals surface area contributed by atoms with Crippen LogP contribution in [-0.2, 0) is 14.4 Å². The molecule has 0 saturated carbocycles. The number of rotatable bonds is 15. The highest BCUT2D eigenvalue weighted by Gasteiger charge is 2.38. The number of phenols is 3. The van der Waals surface area contributed by atoms with Gasteiger partial charge in [0, 0.05) is 113 Å². The van der Waals surface area contributed by atoms with E-state index < -0.39 is 66.4 Å². The number of phenolic OH excluding ortho intramolecular Hbond substituents is 3. The molecule has 15 rings (SSSR count). The standard InChI is InChI=1S/3C31H25Cl4FN6O3/c3*1-5-19(43)40-8-10-41(11-9-40)28-16-12-18(32)26(20-21(33)22(34)23(35)24(36)29(20)44)39-30(16)42(31(45)17(28)13-37)27-15(4)6-7-38-25(27)14(2)3/h3*5-7,12,14,44H,1,8-11H2,2-4H3. The average Bonchev–Trinajstić information content (AvgIpc) is 0.728. The van der Waals surface area contributed by atoms with Gasteiger partial charge in [0.1, 0.15) is 66.9 Å². The molecule has 0 spiro atoms. The van der Waals surface area contributed by atoms with Crippen molar-refractivity contribution in [3.63, 3.8) is 0 Å². The Morgan fingerprint density at radius 3 is 0.800 bits per heavy atom. The molecule has 42 heteroatoms. The number of hydrogen-bond donors (Lipinski definition) is 3. The quantitative estimate of drug-likeness (QED) is 0.0487. The van der Waals surface area contributed by atoms with Crippen LogP contribution in [0.2, 0.25) is 60.3 Å². The Hall–Kier alpha value is -11.6. The number of nitrogens with zero attached hydrogens (tertiary/aromatic N) is 18. The van der Waals surface area contributed by atoms with Crippen LogP contribution in [0.1, 0.15) is 110 Å². The molecule has 12 aromatic rings. The minimum atomic E-state index is -1.23. The first-order valence-corrected chi connectivity index (χ1v) is 45.6. The fourth-order valence-electron chi connectivity index (χ4n) is 16.4. The van der Waals surface area contributed by atoms with Crippen LogP contribution in [0.4, 0.5) is 30.2 Å². The summed E-state index contributed by atoms with van der Waals surface area (Å²) in [5, 5.41) is 60.5. The molecule has 696 valence electrons. The van der Waals surface area contributed by atoms with Crippen molar-refractivity contribution in [1.82, 2.24) is 58.3 Å². The van der Waals surface area contributed by atoms with Crippen molar-refractivity contribution in [1.29, 1.82) is 15.8 Å². The number of benzene rings is 3. The highest BCUT2D eigenvalue weighted by Crippen LogP contribution is 2.53. The predicted octanol–water partition coefficient (Wildman–Crippen LogP) is 21.1. The predicted molar refractivity (Wildman–Crippen MR) is 524 cm³/mol. The van der Waals surface area contributed by atoms with E-state index in [9.17, 15) is 73.0 Å². The second-order valence-corrected chi connectivity index (χ2v) is 36.7.